The van der Waals surface area contributed by atoms with Crippen LogP contribution in [0.2, 0.25) is 0 Å². The van der Waals surface area contributed by atoms with Crippen LogP contribution in [-0.4, -0.2) is 10.9 Å². The molecule has 2 N–H and O–H groups in total. The van der Waals surface area contributed by atoms with Gasteiger partial charge < -0.3 is 14.7 Å². The summed E-state index contributed by atoms with van der Waals surface area (Å²) in [5.41, 5.74) is 2.50. The summed E-state index contributed by atoms with van der Waals surface area (Å²) < 4.78 is 5.38. The molecule has 0 saturated heterocycles. The fraction of sp³-hybridized carbons (Fsp3) is 0. The summed E-state index contributed by atoms with van der Waals surface area (Å²) >= 11 is 4.94. The monoisotopic (exact) mass is 270 g/mol. The van der Waals surface area contributed by atoms with E-state index in [0.717, 1.165) is 5.52 Å². The zero-order chi connectivity index (χ0) is 13.2. The molecule has 0 aliphatic rings. The lowest BCUT2D eigenvalue weighted by molar-refractivity contribution is 0.102. The number of benzene rings is 2. The Morgan fingerprint density at radius 1 is 1.11 bits per heavy atom. The standard InChI is InChI=1S/C14H10N2O2S/c17-13(9-5-2-1-3-6-9)15-10-7-4-8-11-12(10)18-14(19)16-11/h1-8H,(H,15,17)(H,16,19). The first-order valence-electron chi connectivity index (χ1n) is 5.72. The second-order valence-electron chi connectivity index (χ2n) is 4.02. The van der Waals surface area contributed by atoms with Gasteiger partial charge in [-0.2, -0.15) is 0 Å². The zero-order valence-corrected chi connectivity index (χ0v) is 10.7. The molecule has 94 valence electrons. The van der Waals surface area contributed by atoms with Crippen LogP contribution in [0, 0.1) is 4.84 Å². The maximum atomic E-state index is 12.1. The summed E-state index contributed by atoms with van der Waals surface area (Å²) in [6.45, 7) is 0. The largest absolute Gasteiger partial charge is 0.427 e. The topological polar surface area (TPSA) is 58.0 Å². The molecule has 1 heterocycles. The summed E-state index contributed by atoms with van der Waals surface area (Å²) in [6.07, 6.45) is 0. The number of rotatable bonds is 2. The maximum Gasteiger partial charge on any atom is 0.266 e. The van der Waals surface area contributed by atoms with Crippen LogP contribution >= 0.6 is 12.2 Å². The van der Waals surface area contributed by atoms with Gasteiger partial charge in [-0.1, -0.05) is 24.3 Å². The van der Waals surface area contributed by atoms with E-state index in [9.17, 15) is 4.79 Å². The van der Waals surface area contributed by atoms with E-state index in [-0.39, 0.29) is 10.7 Å². The molecule has 19 heavy (non-hydrogen) atoms. The molecule has 0 radical (unpaired) electrons. The molecule has 0 fully saturated rings. The fourth-order valence-electron chi connectivity index (χ4n) is 1.86. The van der Waals surface area contributed by atoms with E-state index in [0.29, 0.717) is 16.8 Å². The van der Waals surface area contributed by atoms with Gasteiger partial charge in [0.2, 0.25) is 0 Å². The second-order valence-corrected chi connectivity index (χ2v) is 4.39. The molecule has 0 atom stereocenters. The van der Waals surface area contributed by atoms with E-state index in [4.69, 9.17) is 16.6 Å². The van der Waals surface area contributed by atoms with Crippen molar-refractivity contribution in [1.82, 2.24) is 4.98 Å². The fourth-order valence-corrected chi connectivity index (χ4v) is 2.05. The van der Waals surface area contributed by atoms with Gasteiger partial charge in [-0.15, -0.1) is 0 Å². The summed E-state index contributed by atoms with van der Waals surface area (Å²) in [5.74, 6) is -0.185. The number of H-pyrrole nitrogens is 1. The normalized spacial score (nSPS) is 10.5. The van der Waals surface area contributed by atoms with E-state index in [2.05, 4.69) is 10.3 Å². The third-order valence-corrected chi connectivity index (χ3v) is 2.92. The van der Waals surface area contributed by atoms with Crippen LogP contribution in [0.15, 0.2) is 52.9 Å². The number of anilines is 1. The number of aromatic nitrogens is 1. The SMILES string of the molecule is O=C(Nc1cccc2[nH]c(=S)oc12)c1ccccc1. The number of amides is 1. The molecule has 0 aliphatic heterocycles. The highest BCUT2D eigenvalue weighted by molar-refractivity contribution is 7.71. The highest BCUT2D eigenvalue weighted by Crippen LogP contribution is 2.23. The zero-order valence-electron chi connectivity index (χ0n) is 9.84. The van der Waals surface area contributed by atoms with Crippen molar-refractivity contribution < 1.29 is 9.21 Å². The number of carbonyl (C=O) groups is 1. The Morgan fingerprint density at radius 3 is 2.68 bits per heavy atom. The van der Waals surface area contributed by atoms with Crippen LogP contribution in [0.3, 0.4) is 0 Å². The first kappa shape index (κ1) is 11.7. The van der Waals surface area contributed by atoms with Crippen LogP contribution in [0.1, 0.15) is 10.4 Å². The number of hydrogen-bond donors (Lipinski definition) is 2. The van der Waals surface area contributed by atoms with Crippen molar-refractivity contribution in [2.75, 3.05) is 5.32 Å². The molecular weight excluding hydrogens is 260 g/mol. The van der Waals surface area contributed by atoms with E-state index in [1.807, 2.05) is 30.3 Å². The van der Waals surface area contributed by atoms with Crippen LogP contribution < -0.4 is 5.32 Å². The number of carbonyl (C=O) groups excluding carboxylic acids is 1. The molecule has 3 aromatic rings. The lowest BCUT2D eigenvalue weighted by Crippen LogP contribution is -2.11. The molecule has 0 aliphatic carbocycles. The van der Waals surface area contributed by atoms with E-state index >= 15 is 0 Å². The Labute approximate surface area is 114 Å². The van der Waals surface area contributed by atoms with Gasteiger partial charge in [0, 0.05) is 5.56 Å². The van der Waals surface area contributed by atoms with Crippen LogP contribution in [0.4, 0.5) is 5.69 Å². The minimum absolute atomic E-state index is 0.185. The minimum Gasteiger partial charge on any atom is -0.427 e. The van der Waals surface area contributed by atoms with Gasteiger partial charge >= 0.3 is 0 Å². The molecule has 2 aromatic carbocycles. The number of aromatic amines is 1. The predicted octanol–water partition coefficient (Wildman–Crippen LogP) is 3.74. The Bertz CT molecular complexity index is 790. The quantitative estimate of drug-likeness (QED) is 0.697. The van der Waals surface area contributed by atoms with Gasteiger partial charge in [0.1, 0.15) is 0 Å². The number of oxazole rings is 1. The lowest BCUT2D eigenvalue weighted by Gasteiger charge is -2.05. The third kappa shape index (κ3) is 2.28. The van der Waals surface area contributed by atoms with Crippen LogP contribution in [0.5, 0.6) is 0 Å². The van der Waals surface area contributed by atoms with Crippen LogP contribution in [0.25, 0.3) is 11.1 Å². The minimum atomic E-state index is -0.185. The van der Waals surface area contributed by atoms with Crippen molar-refractivity contribution in [1.29, 1.82) is 0 Å². The molecule has 3 rings (SSSR count). The average Bonchev–Trinajstić information content (AvgIpc) is 2.81. The number of para-hydroxylation sites is 1. The van der Waals surface area contributed by atoms with Crippen molar-refractivity contribution in [2.45, 2.75) is 0 Å². The first-order chi connectivity index (χ1) is 9.24. The molecule has 4 nitrogen and oxygen atoms in total. The molecule has 0 bridgehead atoms. The Morgan fingerprint density at radius 2 is 1.89 bits per heavy atom. The van der Waals surface area contributed by atoms with Gasteiger partial charge in [-0.25, -0.2) is 0 Å². The Balaban J connectivity index is 1.98. The van der Waals surface area contributed by atoms with E-state index in [1.54, 1.807) is 18.2 Å². The molecule has 0 unspecified atom stereocenters. The summed E-state index contributed by atoms with van der Waals surface area (Å²) in [5, 5.41) is 2.82. The summed E-state index contributed by atoms with van der Waals surface area (Å²) in [6, 6.07) is 14.4. The van der Waals surface area contributed by atoms with Gasteiger partial charge in [-0.3, -0.25) is 4.79 Å². The molecular formula is C14H10N2O2S. The second kappa shape index (κ2) is 4.70. The highest BCUT2D eigenvalue weighted by atomic mass is 32.1. The Kier molecular flexibility index (Phi) is 2.89. The van der Waals surface area contributed by atoms with Gasteiger partial charge in [0.15, 0.2) is 5.58 Å². The average molecular weight is 270 g/mol. The number of fused-ring (bicyclic) bond motifs is 1. The van der Waals surface area contributed by atoms with Crippen molar-refractivity contribution in [3.63, 3.8) is 0 Å². The van der Waals surface area contributed by atoms with E-state index in [1.165, 1.54) is 0 Å². The van der Waals surface area contributed by atoms with Crippen molar-refractivity contribution in [3.8, 4) is 0 Å². The molecule has 0 spiro atoms. The summed E-state index contributed by atoms with van der Waals surface area (Å²) in [4.78, 5) is 15.3. The van der Waals surface area contributed by atoms with Crippen LogP contribution in [-0.2, 0) is 0 Å². The lowest BCUT2D eigenvalue weighted by atomic mass is 10.2. The number of nitrogens with one attached hydrogen (secondary N) is 2. The van der Waals surface area contributed by atoms with Crippen molar-refractivity contribution in [3.05, 3.63) is 58.9 Å². The Hall–Kier alpha value is -2.40. The first-order valence-corrected chi connectivity index (χ1v) is 6.13. The predicted molar refractivity (Wildman–Crippen MR) is 75.8 cm³/mol. The molecule has 0 saturated carbocycles. The molecule has 5 heteroatoms. The van der Waals surface area contributed by atoms with Gasteiger partial charge in [0.05, 0.1) is 11.2 Å². The highest BCUT2D eigenvalue weighted by Gasteiger charge is 2.10. The third-order valence-electron chi connectivity index (χ3n) is 2.73. The summed E-state index contributed by atoms with van der Waals surface area (Å²) in [7, 11) is 0. The smallest absolute Gasteiger partial charge is 0.266 e. The maximum absolute atomic E-state index is 12.1. The van der Waals surface area contributed by atoms with Crippen molar-refractivity contribution in [2.24, 2.45) is 0 Å². The van der Waals surface area contributed by atoms with Crippen molar-refractivity contribution >= 4 is 34.9 Å². The van der Waals surface area contributed by atoms with Gasteiger partial charge in [0.25, 0.3) is 10.7 Å². The molecule has 1 aromatic heterocycles. The molecule has 1 amide bonds. The number of hydrogen-bond acceptors (Lipinski definition) is 3. The van der Waals surface area contributed by atoms with Gasteiger partial charge in [-0.05, 0) is 36.5 Å². The van der Waals surface area contributed by atoms with E-state index < -0.39 is 0 Å².